The number of amides is 1. The molecule has 0 aliphatic carbocycles. The van der Waals surface area contributed by atoms with E-state index in [-0.39, 0.29) is 35.7 Å². The van der Waals surface area contributed by atoms with Crippen LogP contribution in [0.5, 0.6) is 0 Å². The van der Waals surface area contributed by atoms with Crippen molar-refractivity contribution in [3.05, 3.63) is 59.2 Å². The molecule has 0 aromatic heterocycles. The predicted octanol–water partition coefficient (Wildman–Crippen LogP) is 2.84. The van der Waals surface area contributed by atoms with E-state index >= 15 is 0 Å². The first-order chi connectivity index (χ1) is 14.6. The van der Waals surface area contributed by atoms with Crippen molar-refractivity contribution in [2.45, 2.75) is 38.6 Å². The molecule has 1 amide bonds. The predicted molar refractivity (Wildman–Crippen MR) is 121 cm³/mol. The van der Waals surface area contributed by atoms with Crippen molar-refractivity contribution >= 4 is 27.4 Å². The molecule has 1 atom stereocenters. The minimum Gasteiger partial charge on any atom is -0.324 e. The molecule has 1 heterocycles. The molecule has 1 saturated heterocycles. The molecule has 166 valence electrons. The quantitative estimate of drug-likeness (QED) is 0.694. The second-order valence-corrected chi connectivity index (χ2v) is 9.95. The van der Waals surface area contributed by atoms with Crippen LogP contribution in [0.3, 0.4) is 0 Å². The van der Waals surface area contributed by atoms with Gasteiger partial charge in [0, 0.05) is 37.4 Å². The van der Waals surface area contributed by atoms with Crippen molar-refractivity contribution in [3.63, 3.8) is 0 Å². The molecule has 1 aliphatic heterocycles. The molecule has 1 fully saturated rings. The van der Waals surface area contributed by atoms with Crippen LogP contribution in [0.2, 0.25) is 0 Å². The number of sulfonamides is 1. The third kappa shape index (κ3) is 5.20. The Morgan fingerprint density at radius 3 is 2.32 bits per heavy atom. The first kappa shape index (κ1) is 23.1. The molecule has 2 aromatic rings. The van der Waals surface area contributed by atoms with Crippen LogP contribution in [-0.4, -0.2) is 61.5 Å². The van der Waals surface area contributed by atoms with E-state index in [1.54, 1.807) is 12.1 Å². The van der Waals surface area contributed by atoms with Gasteiger partial charge in [0.05, 0.1) is 10.9 Å². The lowest BCUT2D eigenvalue weighted by atomic mass is 10.1. The normalized spacial score (nSPS) is 16.6. The Kier molecular flexibility index (Phi) is 6.93. The summed E-state index contributed by atoms with van der Waals surface area (Å²) in [6, 6.07) is 11.7. The molecule has 0 saturated carbocycles. The summed E-state index contributed by atoms with van der Waals surface area (Å²) >= 11 is 0. The zero-order chi connectivity index (χ0) is 22.8. The van der Waals surface area contributed by atoms with Gasteiger partial charge in [-0.25, -0.2) is 8.42 Å². The third-order valence-electron chi connectivity index (χ3n) is 5.73. The average molecular weight is 444 g/mol. The number of carbonyl (C=O) groups is 2. The zero-order valence-corrected chi connectivity index (χ0v) is 19.2. The molecule has 8 heteroatoms. The van der Waals surface area contributed by atoms with E-state index in [2.05, 4.69) is 5.32 Å². The van der Waals surface area contributed by atoms with Crippen LogP contribution in [-0.2, 0) is 14.8 Å². The number of hydrogen-bond donors (Lipinski definition) is 1. The number of ketones is 1. The number of benzene rings is 2. The molecule has 1 aliphatic rings. The van der Waals surface area contributed by atoms with E-state index in [9.17, 15) is 18.0 Å². The average Bonchev–Trinajstić information content (AvgIpc) is 2.75. The van der Waals surface area contributed by atoms with E-state index in [4.69, 9.17) is 0 Å². The van der Waals surface area contributed by atoms with Crippen molar-refractivity contribution in [3.8, 4) is 0 Å². The van der Waals surface area contributed by atoms with Crippen LogP contribution in [0.15, 0.2) is 47.4 Å². The fraction of sp³-hybridized carbons (Fsp3) is 0.391. The van der Waals surface area contributed by atoms with Gasteiger partial charge in [0.1, 0.15) is 0 Å². The smallest absolute Gasteiger partial charge is 0.243 e. The van der Waals surface area contributed by atoms with E-state index < -0.39 is 10.0 Å². The summed E-state index contributed by atoms with van der Waals surface area (Å²) in [5.74, 6) is -0.287. The van der Waals surface area contributed by atoms with Crippen molar-refractivity contribution in [1.82, 2.24) is 9.21 Å². The SMILES string of the molecule is CC(=O)c1cccc(S(=O)(=O)N2CCN([C@@H](C)C(=O)Nc3cc(C)ccc3C)CC2)c1. The molecule has 0 unspecified atom stereocenters. The Bertz CT molecular complexity index is 1090. The number of hydrogen-bond acceptors (Lipinski definition) is 5. The van der Waals surface area contributed by atoms with Gasteiger partial charge in [-0.2, -0.15) is 4.31 Å². The lowest BCUT2D eigenvalue weighted by Crippen LogP contribution is -2.53. The Hall–Kier alpha value is -2.55. The highest BCUT2D eigenvalue weighted by atomic mass is 32.2. The van der Waals surface area contributed by atoms with Crippen LogP contribution in [0.25, 0.3) is 0 Å². The lowest BCUT2D eigenvalue weighted by molar-refractivity contribution is -0.121. The van der Waals surface area contributed by atoms with Gasteiger partial charge >= 0.3 is 0 Å². The van der Waals surface area contributed by atoms with E-state index in [1.807, 2.05) is 43.9 Å². The second kappa shape index (κ2) is 9.30. The number of piperazine rings is 1. The minimum atomic E-state index is -3.69. The number of anilines is 1. The maximum Gasteiger partial charge on any atom is 0.243 e. The van der Waals surface area contributed by atoms with Crippen molar-refractivity contribution in [2.24, 2.45) is 0 Å². The topological polar surface area (TPSA) is 86.8 Å². The maximum absolute atomic E-state index is 13.0. The van der Waals surface area contributed by atoms with Gasteiger partial charge < -0.3 is 5.32 Å². The molecule has 0 spiro atoms. The number of Topliss-reactive ketones (excluding diaryl/α,β-unsaturated/α-hetero) is 1. The molecule has 2 aromatic carbocycles. The van der Waals surface area contributed by atoms with Gasteiger partial charge in [-0.15, -0.1) is 0 Å². The highest BCUT2D eigenvalue weighted by molar-refractivity contribution is 7.89. The van der Waals surface area contributed by atoms with E-state index in [0.717, 1.165) is 16.8 Å². The van der Waals surface area contributed by atoms with E-state index in [0.29, 0.717) is 18.7 Å². The van der Waals surface area contributed by atoms with Gasteiger partial charge in [-0.1, -0.05) is 24.3 Å². The van der Waals surface area contributed by atoms with E-state index in [1.165, 1.54) is 23.4 Å². The number of rotatable bonds is 6. The summed E-state index contributed by atoms with van der Waals surface area (Å²) in [5, 5.41) is 2.99. The van der Waals surface area contributed by atoms with Crippen LogP contribution in [0, 0.1) is 13.8 Å². The van der Waals surface area contributed by atoms with Crippen LogP contribution in [0.4, 0.5) is 5.69 Å². The van der Waals surface area contributed by atoms with Crippen LogP contribution >= 0.6 is 0 Å². The molecule has 7 nitrogen and oxygen atoms in total. The summed E-state index contributed by atoms with van der Waals surface area (Å²) in [4.78, 5) is 26.5. The minimum absolute atomic E-state index is 0.112. The van der Waals surface area contributed by atoms with Crippen molar-refractivity contribution < 1.29 is 18.0 Å². The summed E-state index contributed by atoms with van der Waals surface area (Å²) in [5.41, 5.74) is 3.23. The van der Waals surface area contributed by atoms with Gasteiger partial charge in [0.25, 0.3) is 0 Å². The first-order valence-corrected chi connectivity index (χ1v) is 11.8. The Labute approximate surface area is 184 Å². The standard InChI is InChI=1S/C23H29N3O4S/c1-16-8-9-17(2)22(14-16)24-23(28)18(3)25-10-12-26(13-11-25)31(29,30)21-7-5-6-20(15-21)19(4)27/h5-9,14-15,18H,10-13H2,1-4H3,(H,24,28)/t18-/m0/s1. The second-order valence-electron chi connectivity index (χ2n) is 8.01. The zero-order valence-electron chi connectivity index (χ0n) is 18.4. The molecule has 1 N–H and O–H groups in total. The Balaban J connectivity index is 1.64. The van der Waals surface area contributed by atoms with Crippen LogP contribution < -0.4 is 5.32 Å². The molecule has 31 heavy (non-hydrogen) atoms. The molecule has 0 radical (unpaired) electrons. The van der Waals surface area contributed by atoms with Gasteiger partial charge in [-0.3, -0.25) is 14.5 Å². The van der Waals surface area contributed by atoms with Gasteiger partial charge in [-0.05, 0) is 57.0 Å². The largest absolute Gasteiger partial charge is 0.324 e. The van der Waals surface area contributed by atoms with Crippen molar-refractivity contribution in [1.29, 1.82) is 0 Å². The number of nitrogens with one attached hydrogen (secondary N) is 1. The van der Waals surface area contributed by atoms with Gasteiger partial charge in [0.2, 0.25) is 15.9 Å². The number of carbonyl (C=O) groups excluding carboxylic acids is 2. The summed E-state index contributed by atoms with van der Waals surface area (Å²) in [6.45, 7) is 8.65. The fourth-order valence-corrected chi connectivity index (χ4v) is 5.10. The molecule has 0 bridgehead atoms. The van der Waals surface area contributed by atoms with Crippen LogP contribution in [0.1, 0.15) is 35.3 Å². The lowest BCUT2D eigenvalue weighted by Gasteiger charge is -2.36. The Morgan fingerprint density at radius 1 is 1.00 bits per heavy atom. The molecular formula is C23H29N3O4S. The van der Waals surface area contributed by atoms with Gasteiger partial charge in [0.15, 0.2) is 5.78 Å². The Morgan fingerprint density at radius 2 is 1.68 bits per heavy atom. The summed E-state index contributed by atoms with van der Waals surface area (Å²) in [6.07, 6.45) is 0. The third-order valence-corrected chi connectivity index (χ3v) is 7.62. The number of nitrogens with zero attached hydrogens (tertiary/aromatic N) is 2. The first-order valence-electron chi connectivity index (χ1n) is 10.3. The van der Waals surface area contributed by atoms with Crippen molar-refractivity contribution in [2.75, 3.05) is 31.5 Å². The monoisotopic (exact) mass is 443 g/mol. The highest BCUT2D eigenvalue weighted by Crippen LogP contribution is 2.21. The maximum atomic E-state index is 13.0. The fourth-order valence-electron chi connectivity index (χ4n) is 3.63. The highest BCUT2D eigenvalue weighted by Gasteiger charge is 2.32. The molecular weight excluding hydrogens is 414 g/mol. The molecule has 3 rings (SSSR count). The summed E-state index contributed by atoms with van der Waals surface area (Å²) in [7, 11) is -3.69. The summed E-state index contributed by atoms with van der Waals surface area (Å²) < 4.78 is 27.4. The number of aryl methyl sites for hydroxylation is 2.